The maximum atomic E-state index is 13.0. The number of carbonyl (C=O) groups excluding carboxylic acids is 3. The number of halogens is 2. The Balaban J connectivity index is 2.03. The van der Waals surface area contributed by atoms with Gasteiger partial charge in [0.15, 0.2) is 11.5 Å². The average Bonchev–Trinajstić information content (AvgIpc) is 2.67. The van der Waals surface area contributed by atoms with E-state index in [1.807, 2.05) is 13.8 Å². The van der Waals surface area contributed by atoms with Crippen LogP contribution in [0.25, 0.3) is 6.08 Å². The molecule has 1 saturated heterocycles. The Morgan fingerprint density at radius 1 is 1.03 bits per heavy atom. The van der Waals surface area contributed by atoms with Crippen LogP contribution in [0, 0.1) is 0 Å². The topological polar surface area (TPSA) is 84.9 Å². The van der Waals surface area contributed by atoms with Crippen LogP contribution < -0.4 is 19.7 Å². The lowest BCUT2D eigenvalue weighted by Crippen LogP contribution is -2.54. The Labute approximate surface area is 190 Å². The number of urea groups is 1. The second-order valence-corrected chi connectivity index (χ2v) is 8.40. The van der Waals surface area contributed by atoms with E-state index in [0.29, 0.717) is 27.2 Å². The lowest BCUT2D eigenvalue weighted by molar-refractivity contribution is -0.122. The molecule has 156 valence electrons. The van der Waals surface area contributed by atoms with Crippen molar-refractivity contribution in [1.29, 1.82) is 0 Å². The van der Waals surface area contributed by atoms with Crippen LogP contribution in [0.2, 0.25) is 0 Å². The fraction of sp³-hybridized carbons (Fsp3) is 0.190. The lowest BCUT2D eigenvalue weighted by Gasteiger charge is -2.26. The smallest absolute Gasteiger partial charge is 0.335 e. The van der Waals surface area contributed by atoms with E-state index in [0.717, 1.165) is 9.37 Å². The van der Waals surface area contributed by atoms with E-state index < -0.39 is 17.8 Å². The van der Waals surface area contributed by atoms with Crippen LogP contribution in [0.3, 0.4) is 0 Å². The van der Waals surface area contributed by atoms with E-state index in [2.05, 4.69) is 37.2 Å². The van der Waals surface area contributed by atoms with Gasteiger partial charge in [-0.25, -0.2) is 9.69 Å². The molecule has 9 heteroatoms. The van der Waals surface area contributed by atoms with Crippen LogP contribution in [0.5, 0.6) is 11.5 Å². The van der Waals surface area contributed by atoms with Gasteiger partial charge in [0.2, 0.25) is 0 Å². The fourth-order valence-corrected chi connectivity index (χ4v) is 3.51. The summed E-state index contributed by atoms with van der Waals surface area (Å²) in [4.78, 5) is 38.6. The first-order valence-electron chi connectivity index (χ1n) is 8.92. The number of nitrogens with zero attached hydrogens (tertiary/aromatic N) is 1. The SMILES string of the molecule is COc1cc(/C=C2\C(=O)NC(=O)N(c3ccc(Br)cc3)C2=O)c(Br)cc1OC(C)C. The number of benzene rings is 2. The summed E-state index contributed by atoms with van der Waals surface area (Å²) in [6.07, 6.45) is 1.34. The highest BCUT2D eigenvalue weighted by Gasteiger charge is 2.37. The zero-order valence-corrected chi connectivity index (χ0v) is 19.5. The monoisotopic (exact) mass is 536 g/mol. The van der Waals surface area contributed by atoms with Crippen LogP contribution in [0.15, 0.2) is 50.9 Å². The first-order valence-corrected chi connectivity index (χ1v) is 10.5. The number of rotatable bonds is 5. The van der Waals surface area contributed by atoms with Crippen molar-refractivity contribution in [2.75, 3.05) is 12.0 Å². The summed E-state index contributed by atoms with van der Waals surface area (Å²) in [7, 11) is 1.50. The normalized spacial score (nSPS) is 15.6. The third-order valence-electron chi connectivity index (χ3n) is 4.13. The minimum atomic E-state index is -0.804. The number of nitrogens with one attached hydrogen (secondary N) is 1. The molecule has 0 spiro atoms. The molecule has 0 radical (unpaired) electrons. The second kappa shape index (κ2) is 9.01. The average molecular weight is 538 g/mol. The largest absolute Gasteiger partial charge is 0.493 e. The molecule has 2 aromatic carbocycles. The summed E-state index contributed by atoms with van der Waals surface area (Å²) in [5, 5.41) is 2.20. The summed E-state index contributed by atoms with van der Waals surface area (Å²) < 4.78 is 12.5. The molecule has 1 aliphatic rings. The molecule has 1 fully saturated rings. The van der Waals surface area contributed by atoms with Crippen LogP contribution in [0.1, 0.15) is 19.4 Å². The van der Waals surface area contributed by atoms with Gasteiger partial charge >= 0.3 is 6.03 Å². The minimum Gasteiger partial charge on any atom is -0.493 e. The van der Waals surface area contributed by atoms with E-state index in [4.69, 9.17) is 9.47 Å². The Kier molecular flexibility index (Phi) is 6.62. The van der Waals surface area contributed by atoms with Crippen LogP contribution in [-0.4, -0.2) is 31.1 Å². The quantitative estimate of drug-likeness (QED) is 0.442. The molecular formula is C21H18Br2N2O5. The number of barbiturate groups is 1. The summed E-state index contributed by atoms with van der Waals surface area (Å²) in [5.74, 6) is -0.526. The Morgan fingerprint density at radius 2 is 1.70 bits per heavy atom. The number of amides is 4. The van der Waals surface area contributed by atoms with Crippen molar-refractivity contribution in [3.05, 3.63) is 56.5 Å². The molecular weight excluding hydrogens is 520 g/mol. The zero-order chi connectivity index (χ0) is 22.0. The predicted molar refractivity (Wildman–Crippen MR) is 120 cm³/mol. The lowest BCUT2D eigenvalue weighted by atomic mass is 10.1. The van der Waals surface area contributed by atoms with Crippen molar-refractivity contribution >= 4 is 61.5 Å². The molecule has 4 amide bonds. The molecule has 2 aromatic rings. The molecule has 0 aliphatic carbocycles. The third-order valence-corrected chi connectivity index (χ3v) is 5.35. The number of carbonyl (C=O) groups is 3. The van der Waals surface area contributed by atoms with Gasteiger partial charge in [-0.3, -0.25) is 14.9 Å². The predicted octanol–water partition coefficient (Wildman–Crippen LogP) is 4.67. The Bertz CT molecular complexity index is 1050. The fourth-order valence-electron chi connectivity index (χ4n) is 2.80. The molecule has 0 bridgehead atoms. The second-order valence-electron chi connectivity index (χ2n) is 6.63. The van der Waals surface area contributed by atoms with Gasteiger partial charge < -0.3 is 9.47 Å². The van der Waals surface area contributed by atoms with Crippen LogP contribution in [-0.2, 0) is 9.59 Å². The number of ether oxygens (including phenoxy) is 2. The van der Waals surface area contributed by atoms with E-state index in [1.54, 1.807) is 36.4 Å². The van der Waals surface area contributed by atoms with E-state index in [-0.39, 0.29) is 11.7 Å². The van der Waals surface area contributed by atoms with Gasteiger partial charge in [0.25, 0.3) is 11.8 Å². The standard InChI is InChI=1S/C21H18Br2N2O5/c1-11(2)30-18-10-16(23)12(9-17(18)29-3)8-15-19(26)24-21(28)25(20(15)27)14-6-4-13(22)5-7-14/h4-11H,1-3H3,(H,24,26,28)/b15-8+. The molecule has 0 atom stereocenters. The van der Waals surface area contributed by atoms with Crippen molar-refractivity contribution in [1.82, 2.24) is 5.32 Å². The molecule has 0 unspecified atom stereocenters. The highest BCUT2D eigenvalue weighted by Crippen LogP contribution is 2.35. The maximum Gasteiger partial charge on any atom is 0.335 e. The molecule has 1 aliphatic heterocycles. The van der Waals surface area contributed by atoms with Crippen molar-refractivity contribution in [3.63, 3.8) is 0 Å². The summed E-state index contributed by atoms with van der Waals surface area (Å²) in [5.41, 5.74) is 0.681. The molecule has 0 saturated carbocycles. The molecule has 1 heterocycles. The Morgan fingerprint density at radius 3 is 2.30 bits per heavy atom. The first-order chi connectivity index (χ1) is 14.2. The van der Waals surface area contributed by atoms with Crippen LogP contribution in [0.4, 0.5) is 10.5 Å². The summed E-state index contributed by atoms with van der Waals surface area (Å²) in [6.45, 7) is 3.78. The molecule has 0 aromatic heterocycles. The van der Waals surface area contributed by atoms with Gasteiger partial charge in [-0.2, -0.15) is 0 Å². The van der Waals surface area contributed by atoms with Gasteiger partial charge in [0.1, 0.15) is 5.57 Å². The van der Waals surface area contributed by atoms with Gasteiger partial charge in [0.05, 0.1) is 18.9 Å². The van der Waals surface area contributed by atoms with Gasteiger partial charge in [-0.15, -0.1) is 0 Å². The molecule has 3 rings (SSSR count). The molecule has 7 nitrogen and oxygen atoms in total. The molecule has 30 heavy (non-hydrogen) atoms. The Hall–Kier alpha value is -2.65. The number of imide groups is 2. The van der Waals surface area contributed by atoms with Gasteiger partial charge in [-0.05, 0) is 61.9 Å². The number of hydrogen-bond acceptors (Lipinski definition) is 5. The zero-order valence-electron chi connectivity index (χ0n) is 16.4. The van der Waals surface area contributed by atoms with Crippen molar-refractivity contribution < 1.29 is 23.9 Å². The third kappa shape index (κ3) is 4.57. The van der Waals surface area contributed by atoms with E-state index in [1.165, 1.54) is 13.2 Å². The first kappa shape index (κ1) is 22.0. The summed E-state index contributed by atoms with van der Waals surface area (Å²) in [6, 6.07) is 9.15. The maximum absolute atomic E-state index is 13.0. The van der Waals surface area contributed by atoms with E-state index in [9.17, 15) is 14.4 Å². The molecule has 1 N–H and O–H groups in total. The minimum absolute atomic E-state index is 0.0637. The van der Waals surface area contributed by atoms with Crippen molar-refractivity contribution in [3.8, 4) is 11.5 Å². The van der Waals surface area contributed by atoms with Crippen molar-refractivity contribution in [2.24, 2.45) is 0 Å². The van der Waals surface area contributed by atoms with Gasteiger partial charge in [0, 0.05) is 8.95 Å². The van der Waals surface area contributed by atoms with Gasteiger partial charge in [-0.1, -0.05) is 31.9 Å². The van der Waals surface area contributed by atoms with Crippen molar-refractivity contribution in [2.45, 2.75) is 20.0 Å². The van der Waals surface area contributed by atoms with Crippen LogP contribution >= 0.6 is 31.9 Å². The van der Waals surface area contributed by atoms with E-state index >= 15 is 0 Å². The number of methoxy groups -OCH3 is 1. The summed E-state index contributed by atoms with van der Waals surface area (Å²) >= 11 is 6.75. The highest BCUT2D eigenvalue weighted by atomic mass is 79.9. The number of hydrogen-bond donors (Lipinski definition) is 1. The number of anilines is 1. The highest BCUT2D eigenvalue weighted by molar-refractivity contribution is 9.10.